The molecule has 3 N–H and O–H groups in total. The van der Waals surface area contributed by atoms with Crippen molar-refractivity contribution in [3.05, 3.63) is 61.3 Å². The number of thiazole rings is 1. The van der Waals surface area contributed by atoms with Crippen LogP contribution < -0.4 is 16.0 Å². The van der Waals surface area contributed by atoms with Crippen molar-refractivity contribution in [3.8, 4) is 0 Å². The van der Waals surface area contributed by atoms with Gasteiger partial charge in [0.1, 0.15) is 21.5 Å². The van der Waals surface area contributed by atoms with E-state index in [1.807, 2.05) is 20.8 Å². The molecule has 1 atom stereocenters. The van der Waals surface area contributed by atoms with E-state index in [9.17, 15) is 22.8 Å². The molecule has 0 aromatic carbocycles. The maximum Gasteiger partial charge on any atom is 0.418 e. The van der Waals surface area contributed by atoms with Gasteiger partial charge in [0.2, 0.25) is 0 Å². The van der Waals surface area contributed by atoms with Crippen LogP contribution >= 0.6 is 34.5 Å². The number of alkyl halides is 3. The van der Waals surface area contributed by atoms with Crippen molar-refractivity contribution in [1.29, 1.82) is 0 Å². The largest absolute Gasteiger partial charge is 0.418 e. The number of halogens is 5. The molecule has 0 aliphatic rings. The van der Waals surface area contributed by atoms with Crippen LogP contribution in [0.15, 0.2) is 24.7 Å². The number of anilines is 2. The third-order valence-corrected chi connectivity index (χ3v) is 6.85. The fourth-order valence-electron chi connectivity index (χ4n) is 3.24. The second-order valence-electron chi connectivity index (χ2n) is 8.23. The number of hydrogen-bond acceptors (Lipinski definition) is 7. The van der Waals surface area contributed by atoms with Gasteiger partial charge < -0.3 is 16.0 Å². The summed E-state index contributed by atoms with van der Waals surface area (Å²) in [5.74, 6) is -1.07. The first-order chi connectivity index (χ1) is 17.3. The maximum atomic E-state index is 13.1. The van der Waals surface area contributed by atoms with Crippen molar-refractivity contribution in [1.82, 2.24) is 20.3 Å². The Balaban J connectivity index is 1.75. The van der Waals surface area contributed by atoms with Crippen LogP contribution in [0.5, 0.6) is 0 Å². The lowest BCUT2D eigenvalue weighted by Crippen LogP contribution is -2.28. The van der Waals surface area contributed by atoms with Gasteiger partial charge in [-0.3, -0.25) is 9.59 Å². The SMILES string of the molecule is CCc1cnc(NC(C)C)c(Cl)c1C(=O)NC(C)c1ncc(C(=O)Nc2cc(C(F)(F)F)c(Cl)cn2)s1. The molecule has 14 heteroatoms. The average molecular weight is 575 g/mol. The van der Waals surface area contributed by atoms with Gasteiger partial charge in [0.05, 0.1) is 33.4 Å². The normalized spacial score (nSPS) is 12.4. The Morgan fingerprint density at radius 2 is 1.76 bits per heavy atom. The first-order valence-corrected chi connectivity index (χ1v) is 12.6. The molecule has 0 saturated heterocycles. The van der Waals surface area contributed by atoms with Crippen molar-refractivity contribution in [2.24, 2.45) is 0 Å². The Labute approximate surface area is 225 Å². The second kappa shape index (κ2) is 11.6. The monoisotopic (exact) mass is 574 g/mol. The van der Waals surface area contributed by atoms with Crippen LogP contribution in [-0.4, -0.2) is 32.8 Å². The molecule has 1 unspecified atom stereocenters. The Hall–Kier alpha value is -2.96. The van der Waals surface area contributed by atoms with E-state index >= 15 is 0 Å². The number of carbonyl (C=O) groups excluding carboxylic acids is 2. The first kappa shape index (κ1) is 28.6. The van der Waals surface area contributed by atoms with E-state index in [4.69, 9.17) is 23.2 Å². The minimum Gasteiger partial charge on any atom is -0.367 e. The Morgan fingerprint density at radius 3 is 2.38 bits per heavy atom. The topological polar surface area (TPSA) is 109 Å². The average Bonchev–Trinajstić information content (AvgIpc) is 3.31. The zero-order chi connectivity index (χ0) is 27.5. The van der Waals surface area contributed by atoms with Crippen LogP contribution in [0, 0.1) is 0 Å². The van der Waals surface area contributed by atoms with Crippen molar-refractivity contribution in [2.45, 2.75) is 52.4 Å². The van der Waals surface area contributed by atoms with Crippen LogP contribution in [0.4, 0.5) is 24.8 Å². The van der Waals surface area contributed by atoms with Gasteiger partial charge in [-0.05, 0) is 38.8 Å². The highest BCUT2D eigenvalue weighted by atomic mass is 35.5. The van der Waals surface area contributed by atoms with Crippen molar-refractivity contribution < 1.29 is 22.8 Å². The molecule has 0 aliphatic heterocycles. The van der Waals surface area contributed by atoms with Crippen LogP contribution in [0.1, 0.15) is 69.9 Å². The number of hydrogen-bond donors (Lipinski definition) is 3. The highest BCUT2D eigenvalue weighted by Crippen LogP contribution is 2.35. The van der Waals surface area contributed by atoms with E-state index in [0.29, 0.717) is 28.9 Å². The quantitative estimate of drug-likeness (QED) is 0.288. The molecule has 198 valence electrons. The summed E-state index contributed by atoms with van der Waals surface area (Å²) in [6.45, 7) is 7.40. The van der Waals surface area contributed by atoms with E-state index in [0.717, 1.165) is 17.5 Å². The summed E-state index contributed by atoms with van der Waals surface area (Å²) in [4.78, 5) is 38.0. The van der Waals surface area contributed by atoms with Crippen molar-refractivity contribution in [3.63, 3.8) is 0 Å². The molecule has 0 radical (unpaired) electrons. The van der Waals surface area contributed by atoms with Gasteiger partial charge >= 0.3 is 6.18 Å². The highest BCUT2D eigenvalue weighted by molar-refractivity contribution is 7.13. The fourth-order valence-corrected chi connectivity index (χ4v) is 4.57. The van der Waals surface area contributed by atoms with Gasteiger partial charge in [0.25, 0.3) is 11.8 Å². The molecule has 0 saturated carbocycles. The zero-order valence-corrected chi connectivity index (χ0v) is 22.5. The predicted octanol–water partition coefficient (Wildman–Crippen LogP) is 6.38. The fraction of sp³-hybridized carbons (Fsp3) is 0.348. The van der Waals surface area contributed by atoms with Crippen LogP contribution in [0.3, 0.4) is 0 Å². The standard InChI is InChI=1S/C23H23Cl2F3N6O2S/c1-5-12-7-30-19(32-10(2)3)18(25)17(12)21(36)33-11(4)22-31-9-15(37-22)20(35)34-16-6-13(23(26,27)28)14(24)8-29-16/h6-11H,5H2,1-4H3,(H,30,32)(H,33,36)(H,29,34,35). The summed E-state index contributed by atoms with van der Waals surface area (Å²) in [5, 5.41) is 8.26. The van der Waals surface area contributed by atoms with Crippen LogP contribution in [0.2, 0.25) is 10.0 Å². The molecule has 3 aromatic heterocycles. The van der Waals surface area contributed by atoms with Crippen molar-refractivity contribution in [2.75, 3.05) is 10.6 Å². The summed E-state index contributed by atoms with van der Waals surface area (Å²) < 4.78 is 39.2. The molecule has 0 spiro atoms. The minimum absolute atomic E-state index is 0.0512. The molecule has 0 aliphatic carbocycles. The zero-order valence-electron chi connectivity index (χ0n) is 20.1. The molecule has 3 heterocycles. The van der Waals surface area contributed by atoms with Gasteiger partial charge in [-0.1, -0.05) is 30.1 Å². The first-order valence-electron chi connectivity index (χ1n) is 11.1. The molecule has 0 fully saturated rings. The molecule has 3 aromatic rings. The van der Waals surface area contributed by atoms with E-state index in [1.54, 1.807) is 13.1 Å². The van der Waals surface area contributed by atoms with E-state index in [2.05, 4.69) is 30.9 Å². The molecular formula is C23H23Cl2F3N6O2S. The summed E-state index contributed by atoms with van der Waals surface area (Å²) in [7, 11) is 0. The molecule has 2 amide bonds. The molecule has 0 bridgehead atoms. The predicted molar refractivity (Wildman–Crippen MR) is 138 cm³/mol. The van der Waals surface area contributed by atoms with Gasteiger partial charge in [-0.25, -0.2) is 15.0 Å². The molecule has 37 heavy (non-hydrogen) atoms. The lowest BCUT2D eigenvalue weighted by Gasteiger charge is -2.17. The van der Waals surface area contributed by atoms with Gasteiger partial charge in [0, 0.05) is 18.4 Å². The summed E-state index contributed by atoms with van der Waals surface area (Å²) in [6.07, 6.45) is -0.502. The highest BCUT2D eigenvalue weighted by Gasteiger charge is 2.34. The molecular weight excluding hydrogens is 552 g/mol. The summed E-state index contributed by atoms with van der Waals surface area (Å²) in [6, 6.07) is 0.104. The molecule has 8 nitrogen and oxygen atoms in total. The third-order valence-electron chi connectivity index (χ3n) is 5.00. The number of carbonyl (C=O) groups is 2. The minimum atomic E-state index is -4.70. The van der Waals surface area contributed by atoms with Gasteiger partial charge in [-0.2, -0.15) is 13.2 Å². The number of amides is 2. The Bertz CT molecular complexity index is 1320. The van der Waals surface area contributed by atoms with E-state index in [1.165, 1.54) is 6.20 Å². The third kappa shape index (κ3) is 6.88. The number of pyridine rings is 2. The maximum absolute atomic E-state index is 13.1. The van der Waals surface area contributed by atoms with Gasteiger partial charge in [-0.15, -0.1) is 11.3 Å². The lowest BCUT2D eigenvalue weighted by molar-refractivity contribution is -0.137. The van der Waals surface area contributed by atoms with E-state index in [-0.39, 0.29) is 27.3 Å². The number of nitrogens with zero attached hydrogens (tertiary/aromatic N) is 3. The Morgan fingerprint density at radius 1 is 1.05 bits per heavy atom. The van der Waals surface area contributed by atoms with Gasteiger partial charge in [0.15, 0.2) is 0 Å². The Kier molecular flexibility index (Phi) is 8.98. The number of nitrogens with one attached hydrogen (secondary N) is 3. The molecule has 3 rings (SSSR count). The number of rotatable bonds is 8. The van der Waals surface area contributed by atoms with E-state index < -0.39 is 34.6 Å². The van der Waals surface area contributed by atoms with Crippen molar-refractivity contribution >= 4 is 58.0 Å². The van der Waals surface area contributed by atoms with Crippen LogP contribution in [-0.2, 0) is 12.6 Å². The lowest BCUT2D eigenvalue weighted by atomic mass is 10.1. The van der Waals surface area contributed by atoms with Crippen LogP contribution in [0.25, 0.3) is 0 Å². The summed E-state index contributed by atoms with van der Waals surface area (Å²) in [5.41, 5.74) is -0.163. The summed E-state index contributed by atoms with van der Waals surface area (Å²) >= 11 is 13.0. The smallest absolute Gasteiger partial charge is 0.367 e. The number of aromatic nitrogens is 3. The number of aryl methyl sites for hydroxylation is 1. The second-order valence-corrected chi connectivity index (χ2v) is 10.1.